The van der Waals surface area contributed by atoms with Gasteiger partial charge in [0.15, 0.2) is 0 Å². The van der Waals surface area contributed by atoms with Crippen molar-refractivity contribution >= 4 is 11.8 Å². The van der Waals surface area contributed by atoms with Gasteiger partial charge in [0.1, 0.15) is 17.3 Å². The molecule has 2 heterocycles. The van der Waals surface area contributed by atoms with E-state index < -0.39 is 17.6 Å². The molecule has 5 nitrogen and oxygen atoms in total. The Hall–Kier alpha value is -2.70. The molecule has 0 radical (unpaired) electrons. The average Bonchev–Trinajstić information content (AvgIpc) is 2.77. The maximum atomic E-state index is 13.7. The summed E-state index contributed by atoms with van der Waals surface area (Å²) >= 11 is 0. The molecule has 0 saturated heterocycles. The van der Waals surface area contributed by atoms with Crippen molar-refractivity contribution in [3.63, 3.8) is 0 Å². The summed E-state index contributed by atoms with van der Waals surface area (Å²) in [5.41, 5.74) is 1.35. The van der Waals surface area contributed by atoms with Gasteiger partial charge >= 0.3 is 11.9 Å². The van der Waals surface area contributed by atoms with E-state index in [1.807, 2.05) is 11.0 Å². The highest BCUT2D eigenvalue weighted by Gasteiger charge is 2.42. The van der Waals surface area contributed by atoms with Crippen LogP contribution in [-0.4, -0.2) is 34.3 Å². The maximum absolute atomic E-state index is 13.7. The quantitative estimate of drug-likeness (QED) is 0.902. The fourth-order valence-corrected chi connectivity index (χ4v) is 2.82. The summed E-state index contributed by atoms with van der Waals surface area (Å²) in [6.45, 7) is 1.12. The van der Waals surface area contributed by atoms with Crippen LogP contribution in [0, 0.1) is 0 Å². The number of hydrogen-bond donors (Lipinski definition) is 2. The van der Waals surface area contributed by atoms with Crippen LogP contribution in [0.1, 0.15) is 16.8 Å². The molecule has 24 heavy (non-hydrogen) atoms. The van der Waals surface area contributed by atoms with Crippen LogP contribution in [0.15, 0.2) is 36.4 Å². The van der Waals surface area contributed by atoms with Crippen LogP contribution < -0.4 is 4.90 Å². The highest BCUT2D eigenvalue weighted by molar-refractivity contribution is 5.76. The number of rotatable bonds is 3. The van der Waals surface area contributed by atoms with Gasteiger partial charge in [0.25, 0.3) is 0 Å². The minimum atomic E-state index is -4.02. The summed E-state index contributed by atoms with van der Waals surface area (Å²) in [6, 6.07) is 9.19. The number of aromatic nitrogens is 1. The normalized spacial score (nSPS) is 14.8. The monoisotopic (exact) mass is 334 g/mol. The summed E-state index contributed by atoms with van der Waals surface area (Å²) in [6.07, 6.45) is 1.34. The van der Waals surface area contributed by atoms with Crippen molar-refractivity contribution in [2.24, 2.45) is 0 Å². The number of phenols is 1. The Labute approximate surface area is 137 Å². The smallest absolute Gasteiger partial charge is 0.384 e. The van der Waals surface area contributed by atoms with E-state index in [0.717, 1.165) is 17.2 Å². The minimum absolute atomic E-state index is 0.198. The van der Waals surface area contributed by atoms with Gasteiger partial charge < -0.3 is 15.1 Å². The number of benzene rings is 1. The van der Waals surface area contributed by atoms with Crippen molar-refractivity contribution in [1.29, 1.82) is 0 Å². The zero-order valence-corrected chi connectivity index (χ0v) is 12.7. The Bertz CT molecular complexity index is 780. The number of carboxylic acids is 1. The first-order chi connectivity index (χ1) is 11.4. The number of hydrogen-bond acceptors (Lipinski definition) is 4. The van der Waals surface area contributed by atoms with E-state index in [-0.39, 0.29) is 5.75 Å². The molecule has 0 aliphatic carbocycles. The fourth-order valence-electron chi connectivity index (χ4n) is 2.82. The summed E-state index contributed by atoms with van der Waals surface area (Å²) in [5.74, 6) is -5.71. The first-order valence-electron chi connectivity index (χ1n) is 7.52. The predicted molar refractivity (Wildman–Crippen MR) is 83.5 cm³/mol. The number of halogens is 2. The second-order valence-electron chi connectivity index (χ2n) is 5.70. The van der Waals surface area contributed by atoms with Crippen molar-refractivity contribution in [2.75, 3.05) is 18.0 Å². The molecule has 1 aromatic heterocycles. The molecule has 126 valence electrons. The van der Waals surface area contributed by atoms with Crippen molar-refractivity contribution in [1.82, 2.24) is 4.98 Å². The minimum Gasteiger partial charge on any atom is -0.508 e. The number of carboxylic acid groups (broad SMARTS) is 1. The zero-order valence-electron chi connectivity index (χ0n) is 12.7. The standard InChI is InChI=1S/C17H16F2N2O3/c18-17(19,16(23)24)14-2-1-3-15(20-14)21-8-6-11-4-5-13(22)10-12(11)7-9-21/h1-5,10,22H,6-9H2,(H,23,24). The van der Waals surface area contributed by atoms with Crippen LogP contribution in [0.5, 0.6) is 5.75 Å². The number of carbonyl (C=O) groups is 1. The Balaban J connectivity index is 1.85. The fraction of sp³-hybridized carbons (Fsp3) is 0.294. The van der Waals surface area contributed by atoms with E-state index in [1.165, 1.54) is 6.07 Å². The van der Waals surface area contributed by atoms with Crippen LogP contribution in [0.25, 0.3) is 0 Å². The Morgan fingerprint density at radius 2 is 1.83 bits per heavy atom. The van der Waals surface area contributed by atoms with E-state index in [0.29, 0.717) is 31.7 Å². The van der Waals surface area contributed by atoms with Crippen molar-refractivity contribution in [3.8, 4) is 5.75 Å². The number of anilines is 1. The second-order valence-corrected chi connectivity index (χ2v) is 5.70. The molecule has 1 aliphatic rings. The molecule has 2 N–H and O–H groups in total. The van der Waals surface area contributed by atoms with E-state index in [9.17, 15) is 18.7 Å². The molecule has 0 unspecified atom stereocenters. The molecule has 0 fully saturated rings. The average molecular weight is 334 g/mol. The number of fused-ring (bicyclic) bond motifs is 1. The van der Waals surface area contributed by atoms with Crippen molar-refractivity contribution in [3.05, 3.63) is 53.2 Å². The first-order valence-corrected chi connectivity index (χ1v) is 7.52. The lowest BCUT2D eigenvalue weighted by Gasteiger charge is -2.22. The number of pyridine rings is 1. The molecular weight excluding hydrogens is 318 g/mol. The predicted octanol–water partition coefficient (Wildman–Crippen LogP) is 2.57. The second kappa shape index (κ2) is 6.07. The van der Waals surface area contributed by atoms with Gasteiger partial charge in [-0.3, -0.25) is 0 Å². The Kier molecular flexibility index (Phi) is 4.09. The third-order valence-electron chi connectivity index (χ3n) is 4.14. The molecule has 0 amide bonds. The van der Waals surface area contributed by atoms with Crippen molar-refractivity contribution < 1.29 is 23.8 Å². The van der Waals surface area contributed by atoms with E-state index >= 15 is 0 Å². The summed E-state index contributed by atoms with van der Waals surface area (Å²) in [4.78, 5) is 16.4. The van der Waals surface area contributed by atoms with Gasteiger partial charge in [-0.1, -0.05) is 12.1 Å². The maximum Gasteiger partial charge on any atom is 0.384 e. The molecule has 2 aromatic rings. The first kappa shape index (κ1) is 16.2. The third-order valence-corrected chi connectivity index (χ3v) is 4.14. The van der Waals surface area contributed by atoms with Gasteiger partial charge in [-0.25, -0.2) is 9.78 Å². The van der Waals surface area contributed by atoms with E-state index in [4.69, 9.17) is 5.11 Å². The molecule has 0 bridgehead atoms. The lowest BCUT2D eigenvalue weighted by Crippen LogP contribution is -2.30. The number of aromatic hydroxyl groups is 1. The lowest BCUT2D eigenvalue weighted by molar-refractivity contribution is -0.166. The molecule has 1 aromatic carbocycles. The van der Waals surface area contributed by atoms with Gasteiger partial charge in [0.05, 0.1) is 0 Å². The molecule has 0 atom stereocenters. The molecule has 0 saturated carbocycles. The third kappa shape index (κ3) is 3.02. The number of phenolic OH excluding ortho intramolecular Hbond substituents is 1. The van der Waals surface area contributed by atoms with Crippen LogP contribution in [0.3, 0.4) is 0 Å². The topological polar surface area (TPSA) is 73.7 Å². The number of alkyl halides is 2. The molecule has 1 aliphatic heterocycles. The van der Waals surface area contributed by atoms with Gasteiger partial charge in [0, 0.05) is 13.1 Å². The number of aliphatic carboxylic acids is 1. The van der Waals surface area contributed by atoms with Crippen LogP contribution >= 0.6 is 0 Å². The van der Waals surface area contributed by atoms with Crippen molar-refractivity contribution in [2.45, 2.75) is 18.8 Å². The van der Waals surface area contributed by atoms with Gasteiger partial charge in [-0.2, -0.15) is 8.78 Å². The largest absolute Gasteiger partial charge is 0.508 e. The molecule has 3 rings (SSSR count). The van der Waals surface area contributed by atoms with Gasteiger partial charge in [0.2, 0.25) is 0 Å². The Morgan fingerprint density at radius 3 is 2.54 bits per heavy atom. The van der Waals surface area contributed by atoms with Crippen LogP contribution in [-0.2, 0) is 23.6 Å². The SMILES string of the molecule is O=C(O)C(F)(F)c1cccc(N2CCc3ccc(O)cc3CC2)n1. The Morgan fingerprint density at radius 1 is 1.12 bits per heavy atom. The summed E-state index contributed by atoms with van der Waals surface area (Å²) in [7, 11) is 0. The summed E-state index contributed by atoms with van der Waals surface area (Å²) < 4.78 is 27.3. The highest BCUT2D eigenvalue weighted by Crippen LogP contribution is 2.29. The van der Waals surface area contributed by atoms with Crippen LogP contribution in [0.2, 0.25) is 0 Å². The van der Waals surface area contributed by atoms with Crippen LogP contribution in [0.4, 0.5) is 14.6 Å². The van der Waals surface area contributed by atoms with E-state index in [2.05, 4.69) is 4.98 Å². The lowest BCUT2D eigenvalue weighted by atomic mass is 10.0. The zero-order chi connectivity index (χ0) is 17.3. The molecule has 0 spiro atoms. The number of nitrogens with zero attached hydrogens (tertiary/aromatic N) is 2. The van der Waals surface area contributed by atoms with Gasteiger partial charge in [-0.15, -0.1) is 0 Å². The highest BCUT2D eigenvalue weighted by atomic mass is 19.3. The summed E-state index contributed by atoms with van der Waals surface area (Å²) in [5, 5.41) is 18.2. The molecular formula is C17H16F2N2O3. The van der Waals surface area contributed by atoms with E-state index in [1.54, 1.807) is 18.2 Å². The van der Waals surface area contributed by atoms with Gasteiger partial charge in [-0.05, 0) is 48.2 Å². The molecule has 7 heteroatoms.